The Labute approximate surface area is 143 Å². The van der Waals surface area contributed by atoms with Gasteiger partial charge in [-0.05, 0) is 24.3 Å². The number of anilines is 1. The van der Waals surface area contributed by atoms with E-state index in [1.54, 1.807) is 0 Å². The van der Waals surface area contributed by atoms with Gasteiger partial charge in [-0.25, -0.2) is 12.8 Å². The minimum absolute atomic E-state index is 0.0699. The summed E-state index contributed by atoms with van der Waals surface area (Å²) >= 11 is 0.849. The molecule has 0 bridgehead atoms. The fourth-order valence-electron chi connectivity index (χ4n) is 1.83. The van der Waals surface area contributed by atoms with E-state index >= 15 is 0 Å². The molecule has 0 aliphatic rings. The summed E-state index contributed by atoms with van der Waals surface area (Å²) < 4.78 is 40.4. The molecule has 2 rings (SSSR count). The molecule has 0 spiro atoms. The molecule has 0 saturated heterocycles. The topological polar surface area (TPSA) is 80.3 Å². The predicted octanol–water partition coefficient (Wildman–Crippen LogP) is 3.09. The van der Waals surface area contributed by atoms with Crippen molar-refractivity contribution < 1.29 is 22.4 Å². The summed E-state index contributed by atoms with van der Waals surface area (Å²) in [5, 5.41) is -0.201. The summed E-state index contributed by atoms with van der Waals surface area (Å²) in [6.07, 6.45) is 0. The zero-order valence-corrected chi connectivity index (χ0v) is 14.3. The molecule has 0 unspecified atom stereocenters. The number of carbonyl (C=O) groups excluding carboxylic acids is 2. The highest BCUT2D eigenvalue weighted by Gasteiger charge is 2.18. The molecule has 0 radical (unpaired) electrons. The third kappa shape index (κ3) is 4.65. The molecule has 0 saturated carbocycles. The summed E-state index contributed by atoms with van der Waals surface area (Å²) in [5.74, 6) is -1.14. The lowest BCUT2D eigenvalue weighted by molar-refractivity contribution is -0.109. The number of sulfonamides is 1. The van der Waals surface area contributed by atoms with Gasteiger partial charge in [0.2, 0.25) is 0 Å². The number of nitrogens with one attached hydrogen (secondary N) is 1. The van der Waals surface area contributed by atoms with Gasteiger partial charge in [-0.2, -0.15) is 0 Å². The smallest absolute Gasteiger partial charge is 0.262 e. The van der Waals surface area contributed by atoms with E-state index < -0.39 is 15.8 Å². The fourth-order valence-corrected chi connectivity index (χ4v) is 3.45. The van der Waals surface area contributed by atoms with Gasteiger partial charge >= 0.3 is 0 Å². The molecule has 2 aromatic carbocycles. The van der Waals surface area contributed by atoms with Gasteiger partial charge < -0.3 is 0 Å². The molecule has 0 aliphatic carbocycles. The van der Waals surface area contributed by atoms with Crippen molar-refractivity contribution in [2.24, 2.45) is 0 Å². The van der Waals surface area contributed by atoms with Gasteiger partial charge in [-0.1, -0.05) is 36.0 Å². The molecule has 0 heterocycles. The first-order valence-corrected chi connectivity index (χ1v) is 9.30. The first-order valence-electron chi connectivity index (χ1n) is 6.83. The van der Waals surface area contributed by atoms with Crippen LogP contribution in [0.25, 0.3) is 0 Å². The van der Waals surface area contributed by atoms with Crippen molar-refractivity contribution in [2.75, 3.05) is 10.5 Å². The Bertz CT molecular complexity index is 881. The van der Waals surface area contributed by atoms with E-state index in [0.717, 1.165) is 17.8 Å². The van der Waals surface area contributed by atoms with Gasteiger partial charge in [0.15, 0.2) is 10.9 Å². The normalized spacial score (nSPS) is 11.1. The monoisotopic (exact) mass is 367 g/mol. The molecular weight excluding hydrogens is 353 g/mol. The second-order valence-corrected chi connectivity index (χ2v) is 7.65. The quantitative estimate of drug-likeness (QED) is 0.794. The number of rotatable bonds is 6. The third-order valence-corrected chi connectivity index (χ3v) is 5.17. The van der Waals surface area contributed by atoms with E-state index in [1.165, 1.54) is 49.4 Å². The average molecular weight is 367 g/mol. The number of ketones is 1. The maximum absolute atomic E-state index is 13.6. The maximum Gasteiger partial charge on any atom is 0.262 e. The van der Waals surface area contributed by atoms with E-state index in [9.17, 15) is 22.4 Å². The lowest BCUT2D eigenvalue weighted by atomic mass is 10.1. The van der Waals surface area contributed by atoms with Crippen LogP contribution in [0.15, 0.2) is 53.4 Å². The minimum atomic E-state index is -4.04. The number of Topliss-reactive ketones (excluding diaryl/α,β-unsaturated/α-hetero) is 1. The Morgan fingerprint density at radius 3 is 2.50 bits per heavy atom. The van der Waals surface area contributed by atoms with Crippen molar-refractivity contribution in [1.82, 2.24) is 0 Å². The highest BCUT2D eigenvalue weighted by Crippen LogP contribution is 2.20. The Balaban J connectivity index is 2.25. The minimum Gasteiger partial charge on any atom is -0.293 e. The second kappa shape index (κ2) is 7.59. The molecule has 126 valence electrons. The van der Waals surface area contributed by atoms with Crippen LogP contribution in [0.1, 0.15) is 17.3 Å². The molecule has 0 amide bonds. The molecule has 8 heteroatoms. The van der Waals surface area contributed by atoms with E-state index in [4.69, 9.17) is 0 Å². The first-order chi connectivity index (χ1) is 11.3. The Morgan fingerprint density at radius 2 is 1.83 bits per heavy atom. The largest absolute Gasteiger partial charge is 0.293 e. The zero-order chi connectivity index (χ0) is 17.7. The molecule has 2 aromatic rings. The Morgan fingerprint density at radius 1 is 1.12 bits per heavy atom. The Kier molecular flexibility index (Phi) is 5.74. The molecule has 0 aliphatic heterocycles. The fraction of sp³-hybridized carbons (Fsp3) is 0.125. The van der Waals surface area contributed by atoms with Crippen LogP contribution < -0.4 is 4.72 Å². The standard InChI is InChI=1S/C16H14FNO4S2/c1-11(19)23-10-16(20)12-5-4-6-13(9-12)24(21,22)18-15-8-3-2-7-14(15)17/h2-9,18H,10H2,1H3. The van der Waals surface area contributed by atoms with Crippen LogP contribution >= 0.6 is 11.8 Å². The van der Waals surface area contributed by atoms with Gasteiger partial charge in [0.05, 0.1) is 16.3 Å². The van der Waals surface area contributed by atoms with Crippen molar-refractivity contribution >= 4 is 38.4 Å². The van der Waals surface area contributed by atoms with Crippen LogP contribution in [-0.4, -0.2) is 25.1 Å². The van der Waals surface area contributed by atoms with Crippen LogP contribution in [0, 0.1) is 5.82 Å². The molecular formula is C16H14FNO4S2. The second-order valence-electron chi connectivity index (χ2n) is 4.82. The number of benzene rings is 2. The molecule has 1 N–H and O–H groups in total. The van der Waals surface area contributed by atoms with Gasteiger partial charge in [0, 0.05) is 12.5 Å². The first kappa shape index (κ1) is 18.2. The van der Waals surface area contributed by atoms with Crippen molar-refractivity contribution in [3.8, 4) is 0 Å². The molecule has 0 aromatic heterocycles. The van der Waals surface area contributed by atoms with Crippen molar-refractivity contribution in [3.05, 3.63) is 59.9 Å². The van der Waals surface area contributed by atoms with Gasteiger partial charge in [0.25, 0.3) is 10.0 Å². The molecule has 5 nitrogen and oxygen atoms in total. The highest BCUT2D eigenvalue weighted by atomic mass is 32.2. The van der Waals surface area contributed by atoms with Crippen LogP contribution in [0.2, 0.25) is 0 Å². The summed E-state index contributed by atoms with van der Waals surface area (Å²) in [6.45, 7) is 1.34. The third-order valence-electron chi connectivity index (χ3n) is 2.99. The van der Waals surface area contributed by atoms with E-state index in [1.807, 2.05) is 0 Å². The summed E-state index contributed by atoms with van der Waals surface area (Å²) in [4.78, 5) is 22.7. The summed E-state index contributed by atoms with van der Waals surface area (Å²) in [7, 11) is -4.04. The highest BCUT2D eigenvalue weighted by molar-refractivity contribution is 8.14. The number of hydrogen-bond donors (Lipinski definition) is 1. The predicted molar refractivity (Wildman–Crippen MR) is 91.1 cm³/mol. The zero-order valence-electron chi connectivity index (χ0n) is 12.7. The number of carbonyl (C=O) groups is 2. The van der Waals surface area contributed by atoms with Crippen LogP contribution in [0.5, 0.6) is 0 Å². The summed E-state index contributed by atoms with van der Waals surface area (Å²) in [6, 6.07) is 10.8. The van der Waals surface area contributed by atoms with Crippen molar-refractivity contribution in [1.29, 1.82) is 0 Å². The van der Waals surface area contributed by atoms with Crippen LogP contribution in [0.3, 0.4) is 0 Å². The number of thioether (sulfide) groups is 1. The van der Waals surface area contributed by atoms with E-state index in [0.29, 0.717) is 0 Å². The maximum atomic E-state index is 13.6. The average Bonchev–Trinajstić information content (AvgIpc) is 2.54. The molecule has 0 fully saturated rings. The number of para-hydroxylation sites is 1. The number of halogens is 1. The lowest BCUT2D eigenvalue weighted by Crippen LogP contribution is -2.15. The Hall–Kier alpha value is -2.19. The van der Waals surface area contributed by atoms with Crippen LogP contribution in [0.4, 0.5) is 10.1 Å². The van der Waals surface area contributed by atoms with Gasteiger partial charge in [0.1, 0.15) is 5.82 Å². The van der Waals surface area contributed by atoms with Crippen molar-refractivity contribution in [2.45, 2.75) is 11.8 Å². The summed E-state index contributed by atoms with van der Waals surface area (Å²) in [5.41, 5.74) is -0.0125. The molecule has 24 heavy (non-hydrogen) atoms. The van der Waals surface area contributed by atoms with E-state index in [2.05, 4.69) is 4.72 Å². The lowest BCUT2D eigenvalue weighted by Gasteiger charge is -2.09. The van der Waals surface area contributed by atoms with Gasteiger partial charge in [-0.15, -0.1) is 0 Å². The van der Waals surface area contributed by atoms with E-state index in [-0.39, 0.29) is 32.8 Å². The molecule has 0 atom stereocenters. The van der Waals surface area contributed by atoms with Gasteiger partial charge in [-0.3, -0.25) is 14.3 Å². The SMILES string of the molecule is CC(=O)SCC(=O)c1cccc(S(=O)(=O)Nc2ccccc2F)c1. The van der Waals surface area contributed by atoms with Crippen molar-refractivity contribution in [3.63, 3.8) is 0 Å². The number of hydrogen-bond acceptors (Lipinski definition) is 5. The van der Waals surface area contributed by atoms with Crippen LogP contribution in [-0.2, 0) is 14.8 Å².